The molecule has 1 aromatic carbocycles. The fourth-order valence-electron chi connectivity index (χ4n) is 3.05. The largest absolute Gasteiger partial charge is 0.394 e. The van der Waals surface area contributed by atoms with Crippen LogP contribution in [0.3, 0.4) is 0 Å². The van der Waals surface area contributed by atoms with Gasteiger partial charge in [-0.1, -0.05) is 38.1 Å². The third-order valence-corrected chi connectivity index (χ3v) is 4.42. The molecule has 0 saturated heterocycles. The second kappa shape index (κ2) is 5.41. The highest BCUT2D eigenvalue weighted by Crippen LogP contribution is 2.41. The maximum atomic E-state index is 9.96. The Bertz CT molecular complexity index is 404. The first-order chi connectivity index (χ1) is 8.63. The van der Waals surface area contributed by atoms with Crippen molar-refractivity contribution in [2.45, 2.75) is 57.5 Å². The molecule has 0 amide bonds. The van der Waals surface area contributed by atoms with Crippen LogP contribution < -0.4 is 5.32 Å². The van der Waals surface area contributed by atoms with Gasteiger partial charge in [0.15, 0.2) is 0 Å². The Morgan fingerprint density at radius 1 is 1.44 bits per heavy atom. The van der Waals surface area contributed by atoms with Gasteiger partial charge in [0.2, 0.25) is 0 Å². The molecule has 0 aromatic heterocycles. The van der Waals surface area contributed by atoms with E-state index < -0.39 is 0 Å². The van der Waals surface area contributed by atoms with E-state index in [1.165, 1.54) is 11.1 Å². The zero-order chi connectivity index (χ0) is 13.2. The number of benzene rings is 1. The first-order valence-corrected chi connectivity index (χ1v) is 7.11. The Morgan fingerprint density at radius 3 is 2.83 bits per heavy atom. The van der Waals surface area contributed by atoms with Gasteiger partial charge in [0.05, 0.1) is 12.1 Å². The lowest BCUT2D eigenvalue weighted by Gasteiger charge is -2.42. The van der Waals surface area contributed by atoms with E-state index in [4.69, 9.17) is 0 Å². The quantitative estimate of drug-likeness (QED) is 0.856. The molecular weight excluding hydrogens is 222 g/mol. The molecule has 0 fully saturated rings. The predicted molar refractivity (Wildman–Crippen MR) is 75.7 cm³/mol. The Kier molecular flexibility index (Phi) is 4.08. The van der Waals surface area contributed by atoms with Crippen LogP contribution in [0, 0.1) is 0 Å². The fraction of sp³-hybridized carbons (Fsp3) is 0.625. The Hall–Kier alpha value is -0.860. The Balaban J connectivity index is 2.40. The van der Waals surface area contributed by atoms with Crippen LogP contribution in [-0.4, -0.2) is 17.8 Å². The van der Waals surface area contributed by atoms with Crippen molar-refractivity contribution in [2.24, 2.45) is 0 Å². The van der Waals surface area contributed by atoms with Gasteiger partial charge < -0.3 is 10.4 Å². The molecule has 1 aromatic rings. The maximum Gasteiger partial charge on any atom is 0.0674 e. The molecule has 0 bridgehead atoms. The molecule has 0 spiro atoms. The smallest absolute Gasteiger partial charge is 0.0674 e. The number of aliphatic hydroxyl groups excluding tert-OH is 1. The van der Waals surface area contributed by atoms with Crippen molar-refractivity contribution in [1.29, 1.82) is 0 Å². The highest BCUT2D eigenvalue weighted by molar-refractivity contribution is 5.39. The van der Waals surface area contributed by atoms with Crippen molar-refractivity contribution in [3.8, 4) is 0 Å². The average Bonchev–Trinajstić information content (AvgIpc) is 2.42. The van der Waals surface area contributed by atoms with Crippen molar-refractivity contribution >= 4 is 0 Å². The van der Waals surface area contributed by atoms with Crippen LogP contribution in [0.1, 0.15) is 57.1 Å². The van der Waals surface area contributed by atoms with E-state index in [1.807, 2.05) is 0 Å². The van der Waals surface area contributed by atoms with Gasteiger partial charge in [-0.25, -0.2) is 0 Å². The number of hydrogen-bond donors (Lipinski definition) is 2. The molecule has 3 unspecified atom stereocenters. The molecule has 1 aliphatic rings. The number of nitrogens with one attached hydrogen (secondary N) is 1. The van der Waals surface area contributed by atoms with E-state index in [2.05, 4.69) is 50.4 Å². The number of fused-ring (bicyclic) bond motifs is 1. The van der Waals surface area contributed by atoms with E-state index in [0.29, 0.717) is 12.0 Å². The van der Waals surface area contributed by atoms with E-state index in [-0.39, 0.29) is 12.1 Å². The summed E-state index contributed by atoms with van der Waals surface area (Å²) in [5.41, 5.74) is 2.46. The zero-order valence-electron chi connectivity index (χ0n) is 11.7. The number of hydrogen-bond acceptors (Lipinski definition) is 2. The molecule has 0 saturated carbocycles. The molecule has 2 N–H and O–H groups in total. The van der Waals surface area contributed by atoms with E-state index >= 15 is 0 Å². The van der Waals surface area contributed by atoms with Crippen LogP contribution >= 0.6 is 0 Å². The van der Waals surface area contributed by atoms with E-state index in [1.54, 1.807) is 0 Å². The topological polar surface area (TPSA) is 32.3 Å². The van der Waals surface area contributed by atoms with Crippen molar-refractivity contribution < 1.29 is 5.11 Å². The molecular formula is C16H25NO. The fourth-order valence-corrected chi connectivity index (χ4v) is 3.05. The number of rotatable bonds is 4. The zero-order valence-corrected chi connectivity index (χ0v) is 11.7. The van der Waals surface area contributed by atoms with Crippen LogP contribution in [0.2, 0.25) is 0 Å². The number of aliphatic hydroxyl groups is 1. The van der Waals surface area contributed by atoms with Gasteiger partial charge in [0.1, 0.15) is 0 Å². The van der Waals surface area contributed by atoms with Gasteiger partial charge in [-0.2, -0.15) is 0 Å². The van der Waals surface area contributed by atoms with Crippen LogP contribution in [0.25, 0.3) is 0 Å². The second-order valence-electron chi connectivity index (χ2n) is 5.72. The third kappa shape index (κ3) is 2.32. The lowest BCUT2D eigenvalue weighted by atomic mass is 9.72. The molecule has 2 heteroatoms. The van der Waals surface area contributed by atoms with E-state index in [9.17, 15) is 5.11 Å². The summed E-state index contributed by atoms with van der Waals surface area (Å²) >= 11 is 0. The van der Waals surface area contributed by atoms with Crippen molar-refractivity contribution in [2.75, 3.05) is 6.61 Å². The van der Waals surface area contributed by atoms with Crippen molar-refractivity contribution in [3.63, 3.8) is 0 Å². The highest BCUT2D eigenvalue weighted by Gasteiger charge is 2.38. The maximum absolute atomic E-state index is 9.96. The van der Waals surface area contributed by atoms with E-state index in [0.717, 1.165) is 19.3 Å². The molecule has 3 atom stereocenters. The minimum absolute atomic E-state index is 0.182. The Labute approximate surface area is 110 Å². The highest BCUT2D eigenvalue weighted by atomic mass is 16.3. The standard InChI is InChI=1S/C16H25NO/c1-4-13(3)17-16(11-18)10-9-12(2)14-7-5-6-8-15(14)16/h5-8,12-13,17-18H,4,9-11H2,1-3H3. The molecule has 2 rings (SSSR count). The van der Waals surface area contributed by atoms with Gasteiger partial charge in [-0.3, -0.25) is 0 Å². The summed E-state index contributed by atoms with van der Waals surface area (Å²) in [6, 6.07) is 9.00. The third-order valence-electron chi connectivity index (χ3n) is 4.42. The molecule has 18 heavy (non-hydrogen) atoms. The second-order valence-corrected chi connectivity index (χ2v) is 5.72. The lowest BCUT2D eigenvalue weighted by Crippen LogP contribution is -2.51. The first-order valence-electron chi connectivity index (χ1n) is 7.11. The van der Waals surface area contributed by atoms with Gasteiger partial charge in [-0.05, 0) is 43.2 Å². The van der Waals surface area contributed by atoms with Crippen LogP contribution in [0.5, 0.6) is 0 Å². The molecule has 2 nitrogen and oxygen atoms in total. The summed E-state index contributed by atoms with van der Waals surface area (Å²) < 4.78 is 0. The predicted octanol–water partition coefficient (Wildman–Crippen LogP) is 3.16. The SMILES string of the molecule is CCC(C)NC1(CO)CCC(C)c2ccccc21. The van der Waals surface area contributed by atoms with Crippen LogP contribution in [-0.2, 0) is 5.54 Å². The van der Waals surface area contributed by atoms with Crippen LogP contribution in [0.4, 0.5) is 0 Å². The summed E-state index contributed by atoms with van der Waals surface area (Å²) in [6.07, 6.45) is 3.24. The lowest BCUT2D eigenvalue weighted by molar-refractivity contribution is 0.126. The first kappa shape index (κ1) is 13.6. The average molecular weight is 247 g/mol. The van der Waals surface area contributed by atoms with Gasteiger partial charge >= 0.3 is 0 Å². The van der Waals surface area contributed by atoms with Crippen molar-refractivity contribution in [1.82, 2.24) is 5.32 Å². The monoisotopic (exact) mass is 247 g/mol. The summed E-state index contributed by atoms with van der Waals surface area (Å²) in [5, 5.41) is 13.6. The Morgan fingerprint density at radius 2 is 2.17 bits per heavy atom. The summed E-state index contributed by atoms with van der Waals surface area (Å²) in [7, 11) is 0. The minimum atomic E-state index is -0.238. The van der Waals surface area contributed by atoms with Gasteiger partial charge in [0.25, 0.3) is 0 Å². The minimum Gasteiger partial charge on any atom is -0.394 e. The molecule has 0 aliphatic heterocycles. The molecule has 0 heterocycles. The summed E-state index contributed by atoms with van der Waals surface area (Å²) in [5.74, 6) is 0.597. The van der Waals surface area contributed by atoms with Crippen LogP contribution in [0.15, 0.2) is 24.3 Å². The summed E-state index contributed by atoms with van der Waals surface area (Å²) in [6.45, 7) is 6.84. The van der Waals surface area contributed by atoms with Crippen molar-refractivity contribution in [3.05, 3.63) is 35.4 Å². The van der Waals surface area contributed by atoms with Gasteiger partial charge in [0, 0.05) is 6.04 Å². The van der Waals surface area contributed by atoms with Gasteiger partial charge in [-0.15, -0.1) is 0 Å². The molecule has 1 aliphatic carbocycles. The summed E-state index contributed by atoms with van der Waals surface area (Å²) in [4.78, 5) is 0. The molecule has 0 radical (unpaired) electrons. The normalized spacial score (nSPS) is 28.8. The molecule has 100 valence electrons.